The van der Waals surface area contributed by atoms with Crippen molar-refractivity contribution in [2.24, 2.45) is 0 Å². The Labute approximate surface area is 78.7 Å². The van der Waals surface area contributed by atoms with Gasteiger partial charge in [0.1, 0.15) is 0 Å². The van der Waals surface area contributed by atoms with E-state index in [-0.39, 0.29) is 6.61 Å². The molecular formula is C8H19NO4. The number of nitrogens with one attached hydrogen (secondary N) is 1. The number of hydrogen-bond acceptors (Lipinski definition) is 5. The topological polar surface area (TPSA) is 71.0 Å². The summed E-state index contributed by atoms with van der Waals surface area (Å²) >= 11 is 0. The van der Waals surface area contributed by atoms with E-state index >= 15 is 0 Å². The van der Waals surface area contributed by atoms with Crippen LogP contribution in [-0.2, 0) is 9.47 Å². The van der Waals surface area contributed by atoms with Crippen molar-refractivity contribution in [1.29, 1.82) is 0 Å². The summed E-state index contributed by atoms with van der Waals surface area (Å²) in [6.45, 7) is 2.34. The molecule has 0 fully saturated rings. The van der Waals surface area contributed by atoms with Crippen molar-refractivity contribution in [2.45, 2.75) is 6.10 Å². The summed E-state index contributed by atoms with van der Waals surface area (Å²) < 4.78 is 9.86. The van der Waals surface area contributed by atoms with Gasteiger partial charge in [0.15, 0.2) is 0 Å². The first-order chi connectivity index (χ1) is 6.31. The van der Waals surface area contributed by atoms with Crippen molar-refractivity contribution in [1.82, 2.24) is 5.32 Å². The van der Waals surface area contributed by atoms with Crippen LogP contribution in [0.25, 0.3) is 0 Å². The van der Waals surface area contributed by atoms with Crippen molar-refractivity contribution in [2.75, 3.05) is 46.6 Å². The molecular weight excluding hydrogens is 174 g/mol. The van der Waals surface area contributed by atoms with Crippen molar-refractivity contribution in [3.05, 3.63) is 0 Å². The van der Waals surface area contributed by atoms with E-state index in [1.165, 1.54) is 0 Å². The Morgan fingerprint density at radius 2 is 2.15 bits per heavy atom. The minimum Gasteiger partial charge on any atom is -0.395 e. The highest BCUT2D eigenvalue weighted by atomic mass is 16.5. The zero-order valence-electron chi connectivity index (χ0n) is 8.03. The Bertz CT molecular complexity index is 102. The number of methoxy groups -OCH3 is 1. The maximum atomic E-state index is 9.27. The van der Waals surface area contributed by atoms with E-state index < -0.39 is 6.10 Å². The largest absolute Gasteiger partial charge is 0.395 e. The molecule has 1 unspecified atom stereocenters. The van der Waals surface area contributed by atoms with Crippen LogP contribution in [0.5, 0.6) is 0 Å². The van der Waals surface area contributed by atoms with E-state index in [1.54, 1.807) is 7.11 Å². The van der Waals surface area contributed by atoms with E-state index in [0.29, 0.717) is 32.9 Å². The highest BCUT2D eigenvalue weighted by Crippen LogP contribution is 1.83. The van der Waals surface area contributed by atoms with Crippen molar-refractivity contribution in [3.8, 4) is 0 Å². The molecule has 0 aliphatic heterocycles. The van der Waals surface area contributed by atoms with Gasteiger partial charge < -0.3 is 25.0 Å². The molecule has 0 aliphatic carbocycles. The molecule has 3 N–H and O–H groups in total. The van der Waals surface area contributed by atoms with Gasteiger partial charge in [0, 0.05) is 20.2 Å². The third-order valence-electron chi connectivity index (χ3n) is 1.41. The quantitative estimate of drug-likeness (QED) is 0.393. The highest BCUT2D eigenvalue weighted by Gasteiger charge is 2.02. The first kappa shape index (κ1) is 12.8. The first-order valence-corrected chi connectivity index (χ1v) is 4.37. The lowest BCUT2D eigenvalue weighted by Crippen LogP contribution is -2.32. The van der Waals surface area contributed by atoms with Crippen LogP contribution in [0, 0.1) is 0 Å². The average Bonchev–Trinajstić information content (AvgIpc) is 2.13. The van der Waals surface area contributed by atoms with Crippen LogP contribution in [0.3, 0.4) is 0 Å². The number of hydrogen-bond donors (Lipinski definition) is 3. The third-order valence-corrected chi connectivity index (χ3v) is 1.41. The number of rotatable bonds is 9. The van der Waals surface area contributed by atoms with Gasteiger partial charge in [0.05, 0.1) is 32.5 Å². The number of ether oxygens (including phenoxy) is 2. The van der Waals surface area contributed by atoms with Crippen molar-refractivity contribution < 1.29 is 19.7 Å². The highest BCUT2D eigenvalue weighted by molar-refractivity contribution is 4.57. The Hall–Kier alpha value is -0.200. The van der Waals surface area contributed by atoms with Gasteiger partial charge in [-0.2, -0.15) is 0 Å². The summed E-state index contributed by atoms with van der Waals surface area (Å²) in [5.41, 5.74) is 0. The minimum absolute atomic E-state index is 0.0806. The number of aliphatic hydroxyl groups excluding tert-OH is 2. The molecule has 5 heteroatoms. The van der Waals surface area contributed by atoms with Crippen LogP contribution in [0.15, 0.2) is 0 Å². The lowest BCUT2D eigenvalue weighted by molar-refractivity contribution is 0.0136. The van der Waals surface area contributed by atoms with Gasteiger partial charge in [0.2, 0.25) is 0 Å². The first-order valence-electron chi connectivity index (χ1n) is 4.37. The third kappa shape index (κ3) is 9.72. The maximum absolute atomic E-state index is 9.27. The molecule has 80 valence electrons. The van der Waals surface area contributed by atoms with Crippen molar-refractivity contribution >= 4 is 0 Å². The van der Waals surface area contributed by atoms with E-state index in [0.717, 1.165) is 0 Å². The fraction of sp³-hybridized carbons (Fsp3) is 1.00. The Morgan fingerprint density at radius 3 is 2.77 bits per heavy atom. The fourth-order valence-corrected chi connectivity index (χ4v) is 0.768. The predicted molar refractivity (Wildman–Crippen MR) is 48.7 cm³/mol. The SMILES string of the molecule is COCCOCC(O)CNCCO. The van der Waals surface area contributed by atoms with Crippen molar-refractivity contribution in [3.63, 3.8) is 0 Å². The zero-order valence-corrected chi connectivity index (χ0v) is 8.03. The van der Waals surface area contributed by atoms with Crippen LogP contribution in [0.4, 0.5) is 0 Å². The van der Waals surface area contributed by atoms with Gasteiger partial charge in [-0.3, -0.25) is 0 Å². The van der Waals surface area contributed by atoms with Crippen LogP contribution < -0.4 is 5.32 Å². The van der Waals surface area contributed by atoms with E-state index in [4.69, 9.17) is 14.6 Å². The summed E-state index contributed by atoms with van der Waals surface area (Å²) in [5.74, 6) is 0. The van der Waals surface area contributed by atoms with Gasteiger partial charge in [-0.25, -0.2) is 0 Å². The summed E-state index contributed by atoms with van der Waals surface area (Å²) in [5, 5.41) is 20.6. The van der Waals surface area contributed by atoms with Gasteiger partial charge in [-0.15, -0.1) is 0 Å². The minimum atomic E-state index is -0.525. The molecule has 0 aromatic rings. The molecule has 0 saturated heterocycles. The molecule has 0 aromatic carbocycles. The Kier molecular flexibility index (Phi) is 9.73. The molecule has 1 atom stereocenters. The molecule has 13 heavy (non-hydrogen) atoms. The summed E-state index contributed by atoms with van der Waals surface area (Å²) in [4.78, 5) is 0. The molecule has 0 aromatic heterocycles. The van der Waals surface area contributed by atoms with Gasteiger partial charge in [0.25, 0.3) is 0 Å². The van der Waals surface area contributed by atoms with E-state index in [1.807, 2.05) is 0 Å². The molecule has 5 nitrogen and oxygen atoms in total. The molecule has 0 bridgehead atoms. The van der Waals surface area contributed by atoms with Crippen LogP contribution >= 0.6 is 0 Å². The number of aliphatic hydroxyl groups is 2. The average molecular weight is 193 g/mol. The Balaban J connectivity index is 3.05. The standard InChI is InChI=1S/C8H19NO4/c1-12-4-5-13-7-8(11)6-9-2-3-10/h8-11H,2-7H2,1H3. The molecule has 0 saturated carbocycles. The predicted octanol–water partition coefficient (Wildman–Crippen LogP) is -1.41. The molecule has 0 rings (SSSR count). The summed E-state index contributed by atoms with van der Waals surface area (Å²) in [6, 6.07) is 0. The second-order valence-corrected chi connectivity index (χ2v) is 2.65. The maximum Gasteiger partial charge on any atom is 0.0897 e. The second kappa shape index (κ2) is 9.88. The van der Waals surface area contributed by atoms with Gasteiger partial charge >= 0.3 is 0 Å². The van der Waals surface area contributed by atoms with Crippen LogP contribution in [-0.4, -0.2) is 62.9 Å². The zero-order chi connectivity index (χ0) is 9.94. The second-order valence-electron chi connectivity index (χ2n) is 2.65. The van der Waals surface area contributed by atoms with Gasteiger partial charge in [-0.05, 0) is 0 Å². The fourth-order valence-electron chi connectivity index (χ4n) is 0.768. The molecule has 0 radical (unpaired) electrons. The lowest BCUT2D eigenvalue weighted by atomic mass is 10.4. The smallest absolute Gasteiger partial charge is 0.0897 e. The molecule has 0 spiro atoms. The lowest BCUT2D eigenvalue weighted by Gasteiger charge is -2.11. The molecule has 0 heterocycles. The summed E-state index contributed by atoms with van der Waals surface area (Å²) in [6.07, 6.45) is -0.525. The summed E-state index contributed by atoms with van der Waals surface area (Å²) in [7, 11) is 1.60. The van der Waals surface area contributed by atoms with Crippen LogP contribution in [0.1, 0.15) is 0 Å². The molecule has 0 amide bonds. The van der Waals surface area contributed by atoms with E-state index in [9.17, 15) is 5.11 Å². The molecule has 0 aliphatic rings. The normalized spacial score (nSPS) is 13.2. The van der Waals surface area contributed by atoms with Gasteiger partial charge in [-0.1, -0.05) is 0 Å². The van der Waals surface area contributed by atoms with Crippen LogP contribution in [0.2, 0.25) is 0 Å². The van der Waals surface area contributed by atoms with E-state index in [2.05, 4.69) is 5.32 Å². The monoisotopic (exact) mass is 193 g/mol. The Morgan fingerprint density at radius 1 is 1.38 bits per heavy atom.